The van der Waals surface area contributed by atoms with Gasteiger partial charge in [-0.15, -0.1) is 26.3 Å². The van der Waals surface area contributed by atoms with Crippen LogP contribution in [-0.4, -0.2) is 38.7 Å². The monoisotopic (exact) mass is 326 g/mol. The number of hydrogen-bond donors (Lipinski definition) is 0. The van der Waals surface area contributed by atoms with Crippen LogP contribution in [0.3, 0.4) is 0 Å². The van der Waals surface area contributed by atoms with Gasteiger partial charge in [-0.1, -0.05) is 0 Å². The second kappa shape index (κ2) is 5.03. The first-order chi connectivity index (χ1) is 7.19. The van der Waals surface area contributed by atoms with Crippen LogP contribution >= 0.6 is 0 Å². The Bertz CT molecular complexity index is 340. The Morgan fingerprint density at radius 1 is 0.941 bits per heavy atom. The van der Waals surface area contributed by atoms with Crippen LogP contribution in [0.4, 0.5) is 26.3 Å². The van der Waals surface area contributed by atoms with Gasteiger partial charge in [0.05, 0.1) is 0 Å². The van der Waals surface area contributed by atoms with E-state index in [1.807, 2.05) is 0 Å². The maximum absolute atomic E-state index is 11.9. The first-order valence-corrected chi connectivity index (χ1v) is 7.70. The molecule has 0 aliphatic heterocycles. The predicted octanol–water partition coefficient (Wildman–Crippen LogP) is 0.852. The van der Waals surface area contributed by atoms with E-state index in [4.69, 9.17) is 0 Å². The molecular formula is C4H4F6O4S3. The lowest BCUT2D eigenvalue weighted by Crippen LogP contribution is -2.48. The van der Waals surface area contributed by atoms with Gasteiger partial charge in [-0.3, -0.25) is 0 Å². The molecule has 0 N–H and O–H groups in total. The lowest BCUT2D eigenvalue weighted by molar-refractivity contribution is -0.0461. The highest BCUT2D eigenvalue weighted by atomic mass is 32.3. The summed E-state index contributed by atoms with van der Waals surface area (Å²) in [4.78, 5) is 0. The summed E-state index contributed by atoms with van der Waals surface area (Å²) in [6.45, 7) is 0. The smallest absolute Gasteiger partial charge is 0.578 e. The molecule has 0 rings (SSSR count). The third kappa shape index (κ3) is 4.73. The standard InChI is InChI=1S/C4H4F6O4S3/c1-17(13,14)2(15(11)3(5,6)7)16(12)4(8,9)10/h2H,1H3. The van der Waals surface area contributed by atoms with Crippen molar-refractivity contribution in [3.63, 3.8) is 0 Å². The highest BCUT2D eigenvalue weighted by molar-refractivity contribution is 8.24. The third-order valence-corrected chi connectivity index (χ3v) is 7.66. The molecular weight excluding hydrogens is 322 g/mol. The summed E-state index contributed by atoms with van der Waals surface area (Å²) in [6.07, 6.45) is -0.00898. The molecule has 4 nitrogen and oxygen atoms in total. The van der Waals surface area contributed by atoms with Gasteiger partial charge >= 0.3 is 14.9 Å². The summed E-state index contributed by atoms with van der Waals surface area (Å²) >= 11 is -8.86. The van der Waals surface area contributed by atoms with Crippen molar-refractivity contribution >= 4 is 32.2 Å². The summed E-state index contributed by atoms with van der Waals surface area (Å²) in [6, 6.07) is 0. The van der Waals surface area contributed by atoms with E-state index < -0.39 is 47.1 Å². The zero-order valence-corrected chi connectivity index (χ0v) is 10.2. The molecule has 0 aromatic heterocycles. The number of halogens is 6. The van der Waals surface area contributed by atoms with Gasteiger partial charge in [0.2, 0.25) is 9.84 Å². The predicted molar refractivity (Wildman–Crippen MR) is 47.0 cm³/mol. The maximum Gasteiger partial charge on any atom is 0.578 e. The van der Waals surface area contributed by atoms with Gasteiger partial charge in [0.15, 0.2) is 0 Å². The van der Waals surface area contributed by atoms with E-state index in [0.717, 1.165) is 0 Å². The minimum atomic E-state index is -5.71. The molecule has 0 amide bonds. The van der Waals surface area contributed by atoms with Crippen molar-refractivity contribution in [2.75, 3.05) is 6.26 Å². The topological polar surface area (TPSA) is 80.3 Å². The molecule has 0 bridgehead atoms. The molecule has 13 heteroatoms. The lowest BCUT2D eigenvalue weighted by atomic mass is 11.5. The van der Waals surface area contributed by atoms with E-state index in [1.54, 1.807) is 0 Å². The Morgan fingerprint density at radius 3 is 1.29 bits per heavy atom. The van der Waals surface area contributed by atoms with Crippen LogP contribution < -0.4 is 0 Å². The highest BCUT2D eigenvalue weighted by Crippen LogP contribution is 2.38. The van der Waals surface area contributed by atoms with Crippen molar-refractivity contribution in [2.24, 2.45) is 0 Å². The fourth-order valence-electron chi connectivity index (χ4n) is 0.615. The quantitative estimate of drug-likeness (QED) is 0.569. The Kier molecular flexibility index (Phi) is 5.07. The molecule has 0 fully saturated rings. The molecule has 0 radical (unpaired) electrons. The Morgan fingerprint density at radius 2 is 1.18 bits per heavy atom. The Hall–Kier alpha value is 0.150. The van der Waals surface area contributed by atoms with Crippen LogP contribution in [0.25, 0.3) is 0 Å². The van der Waals surface area contributed by atoms with Gasteiger partial charge in [-0.25, -0.2) is 8.42 Å². The summed E-state index contributed by atoms with van der Waals surface area (Å²) in [5.74, 6) is 0. The van der Waals surface area contributed by atoms with Crippen LogP contribution in [0.5, 0.6) is 0 Å². The molecule has 0 saturated heterocycles. The van der Waals surface area contributed by atoms with E-state index in [-0.39, 0.29) is 6.26 Å². The minimum absolute atomic E-state index is 0.00898. The van der Waals surface area contributed by atoms with Gasteiger partial charge in [0, 0.05) is 6.26 Å². The van der Waals surface area contributed by atoms with Crippen LogP contribution in [0, 0.1) is 0 Å². The van der Waals surface area contributed by atoms with Gasteiger partial charge in [0.25, 0.3) is 0 Å². The normalized spacial score (nSPS) is 19.8. The molecule has 104 valence electrons. The minimum Gasteiger partial charge on any atom is -0.604 e. The molecule has 2 atom stereocenters. The Labute approximate surface area is 97.6 Å². The zero-order valence-electron chi connectivity index (χ0n) is 7.70. The Balaban J connectivity index is 5.49. The summed E-state index contributed by atoms with van der Waals surface area (Å²) in [5, 5.41) is 0. The van der Waals surface area contributed by atoms with Gasteiger partial charge < -0.3 is 9.11 Å². The number of sulfone groups is 1. The SMILES string of the molecule is CS(=O)(=O)C([S+]([O-])C(F)(F)F)[S+]([O-])C(F)(F)F. The first-order valence-electron chi connectivity index (χ1n) is 3.32. The van der Waals surface area contributed by atoms with Crippen molar-refractivity contribution in [3.8, 4) is 0 Å². The molecule has 0 spiro atoms. The van der Waals surface area contributed by atoms with Crippen molar-refractivity contribution in [3.05, 3.63) is 0 Å². The average Bonchev–Trinajstić information content (AvgIpc) is 1.97. The first kappa shape index (κ1) is 17.2. The molecule has 0 saturated carbocycles. The fraction of sp³-hybridized carbons (Fsp3) is 1.00. The van der Waals surface area contributed by atoms with Gasteiger partial charge in [-0.2, -0.15) is 0 Å². The molecule has 0 aliphatic carbocycles. The summed E-state index contributed by atoms with van der Waals surface area (Å²) < 4.78 is 111. The number of alkyl halides is 6. The molecule has 0 aromatic rings. The second-order valence-corrected chi connectivity index (χ2v) is 8.69. The van der Waals surface area contributed by atoms with E-state index >= 15 is 0 Å². The largest absolute Gasteiger partial charge is 0.604 e. The van der Waals surface area contributed by atoms with E-state index in [0.29, 0.717) is 0 Å². The van der Waals surface area contributed by atoms with E-state index in [1.165, 1.54) is 0 Å². The maximum atomic E-state index is 11.9. The van der Waals surface area contributed by atoms with Crippen LogP contribution in [-0.2, 0) is 32.2 Å². The molecule has 0 aliphatic rings. The molecule has 0 heterocycles. The van der Waals surface area contributed by atoms with Crippen molar-refractivity contribution in [2.45, 2.75) is 14.9 Å². The highest BCUT2D eigenvalue weighted by Gasteiger charge is 2.66. The van der Waals surface area contributed by atoms with Crippen LogP contribution in [0.2, 0.25) is 0 Å². The number of hydrogen-bond acceptors (Lipinski definition) is 4. The number of rotatable bonds is 3. The molecule has 2 unspecified atom stereocenters. The van der Waals surface area contributed by atoms with Crippen LogP contribution in [0.15, 0.2) is 0 Å². The van der Waals surface area contributed by atoms with Crippen molar-refractivity contribution in [1.29, 1.82) is 0 Å². The van der Waals surface area contributed by atoms with Crippen LogP contribution in [0.1, 0.15) is 0 Å². The third-order valence-electron chi connectivity index (χ3n) is 1.16. The van der Waals surface area contributed by atoms with E-state index in [9.17, 15) is 43.9 Å². The molecule has 0 aromatic carbocycles. The fourth-order valence-corrected chi connectivity index (χ4v) is 5.54. The second-order valence-electron chi connectivity index (χ2n) is 2.60. The van der Waals surface area contributed by atoms with Crippen molar-refractivity contribution in [1.82, 2.24) is 0 Å². The average molecular weight is 326 g/mol. The molecule has 17 heavy (non-hydrogen) atoms. The lowest BCUT2D eigenvalue weighted by Gasteiger charge is -2.23. The summed E-state index contributed by atoms with van der Waals surface area (Å²) in [7, 11) is -5.07. The van der Waals surface area contributed by atoms with Gasteiger partial charge in [0.1, 0.15) is 22.4 Å². The zero-order chi connectivity index (χ0) is 14.2. The summed E-state index contributed by atoms with van der Waals surface area (Å²) in [5.41, 5.74) is -11.4. The van der Waals surface area contributed by atoms with E-state index in [2.05, 4.69) is 0 Å². The van der Waals surface area contributed by atoms with Crippen molar-refractivity contribution < 1.29 is 43.9 Å². The van der Waals surface area contributed by atoms with Gasteiger partial charge in [-0.05, 0) is 0 Å².